The number of anilines is 1. The van der Waals surface area contributed by atoms with Gasteiger partial charge in [0.15, 0.2) is 0 Å². The number of benzene rings is 1. The van der Waals surface area contributed by atoms with Gasteiger partial charge in [0.25, 0.3) is 0 Å². The second-order valence-electron chi connectivity index (χ2n) is 3.66. The molecule has 0 aromatic heterocycles. The average Bonchev–Trinajstić information content (AvgIpc) is 2.36. The van der Waals surface area contributed by atoms with Crippen LogP contribution < -0.4 is 5.32 Å². The lowest BCUT2D eigenvalue weighted by atomic mass is 10.0. The molecule has 0 spiro atoms. The highest BCUT2D eigenvalue weighted by atomic mass is 32.2. The molecule has 0 fully saturated rings. The van der Waals surface area contributed by atoms with Crippen LogP contribution in [0.4, 0.5) is 5.69 Å². The quantitative estimate of drug-likeness (QED) is 0.813. The van der Waals surface area contributed by atoms with Gasteiger partial charge in [-0.2, -0.15) is 5.26 Å². The van der Waals surface area contributed by atoms with Gasteiger partial charge >= 0.3 is 0 Å². The standard InChI is InChI=1S/C13H16N2OS/c1-3-6-10(9-14)13(16)15-11-7-4-5-8-12(11)17-2/h4-5,7-8,10H,3,6H2,1-2H3,(H,15,16). The predicted molar refractivity (Wildman–Crippen MR) is 70.9 cm³/mol. The summed E-state index contributed by atoms with van der Waals surface area (Å²) in [5, 5.41) is 11.7. The summed E-state index contributed by atoms with van der Waals surface area (Å²) in [7, 11) is 0. The molecule has 1 N–H and O–H groups in total. The van der Waals surface area contributed by atoms with E-state index in [1.165, 1.54) is 0 Å². The van der Waals surface area contributed by atoms with Crippen molar-refractivity contribution in [1.29, 1.82) is 5.26 Å². The molecular weight excluding hydrogens is 232 g/mol. The third-order valence-electron chi connectivity index (χ3n) is 2.41. The largest absolute Gasteiger partial charge is 0.324 e. The molecule has 0 heterocycles. The zero-order valence-electron chi connectivity index (χ0n) is 10.1. The number of carbonyl (C=O) groups is 1. The van der Waals surface area contributed by atoms with Crippen molar-refractivity contribution in [1.82, 2.24) is 0 Å². The Hall–Kier alpha value is -1.47. The van der Waals surface area contributed by atoms with E-state index in [-0.39, 0.29) is 5.91 Å². The van der Waals surface area contributed by atoms with Gasteiger partial charge < -0.3 is 5.32 Å². The number of para-hydroxylation sites is 1. The number of rotatable bonds is 5. The van der Waals surface area contributed by atoms with Gasteiger partial charge in [-0.1, -0.05) is 25.5 Å². The summed E-state index contributed by atoms with van der Waals surface area (Å²) in [5.74, 6) is -0.772. The molecule has 3 nitrogen and oxygen atoms in total. The van der Waals surface area contributed by atoms with Gasteiger partial charge in [-0.3, -0.25) is 4.79 Å². The molecule has 0 aliphatic heterocycles. The van der Waals surface area contributed by atoms with Crippen LogP contribution in [-0.2, 0) is 4.79 Å². The Bertz CT molecular complexity index is 426. The Balaban J connectivity index is 2.77. The van der Waals surface area contributed by atoms with Crippen LogP contribution in [0.3, 0.4) is 0 Å². The van der Waals surface area contributed by atoms with Crippen LogP contribution in [0, 0.1) is 17.2 Å². The fourth-order valence-electron chi connectivity index (χ4n) is 1.51. The van der Waals surface area contributed by atoms with Gasteiger partial charge in [0.2, 0.25) is 5.91 Å². The Morgan fingerprint density at radius 1 is 1.53 bits per heavy atom. The molecule has 0 radical (unpaired) electrons. The normalized spacial score (nSPS) is 11.6. The molecule has 0 aliphatic rings. The van der Waals surface area contributed by atoms with Gasteiger partial charge in [-0.05, 0) is 24.8 Å². The number of nitrogens with one attached hydrogen (secondary N) is 1. The lowest BCUT2D eigenvalue weighted by molar-refractivity contribution is -0.118. The van der Waals surface area contributed by atoms with Gasteiger partial charge in [0.05, 0.1) is 11.8 Å². The van der Waals surface area contributed by atoms with E-state index in [2.05, 4.69) is 5.32 Å². The highest BCUT2D eigenvalue weighted by molar-refractivity contribution is 7.98. The SMILES string of the molecule is CCCC(C#N)C(=O)Nc1ccccc1SC. The van der Waals surface area contributed by atoms with E-state index in [4.69, 9.17) is 5.26 Å². The zero-order valence-corrected chi connectivity index (χ0v) is 10.9. The fraction of sp³-hybridized carbons (Fsp3) is 0.385. The van der Waals surface area contributed by atoms with Crippen LogP contribution in [0.5, 0.6) is 0 Å². The first-order chi connectivity index (χ1) is 8.22. The van der Waals surface area contributed by atoms with E-state index in [0.29, 0.717) is 6.42 Å². The van der Waals surface area contributed by atoms with E-state index < -0.39 is 5.92 Å². The van der Waals surface area contributed by atoms with Gasteiger partial charge in [-0.25, -0.2) is 0 Å². The average molecular weight is 248 g/mol. The number of hydrogen-bond acceptors (Lipinski definition) is 3. The van der Waals surface area contributed by atoms with Gasteiger partial charge in [-0.15, -0.1) is 11.8 Å². The number of nitrogens with zero attached hydrogens (tertiary/aromatic N) is 1. The second-order valence-corrected chi connectivity index (χ2v) is 4.51. The topological polar surface area (TPSA) is 52.9 Å². The van der Waals surface area contributed by atoms with Crippen molar-refractivity contribution < 1.29 is 4.79 Å². The van der Waals surface area contributed by atoms with Crippen molar-refractivity contribution in [2.45, 2.75) is 24.7 Å². The molecule has 0 saturated heterocycles. The Morgan fingerprint density at radius 2 is 2.24 bits per heavy atom. The molecule has 1 unspecified atom stereocenters. The van der Waals surface area contributed by atoms with E-state index in [9.17, 15) is 4.79 Å². The summed E-state index contributed by atoms with van der Waals surface area (Å²) >= 11 is 1.57. The van der Waals surface area contributed by atoms with Crippen LogP contribution in [0.25, 0.3) is 0 Å². The molecule has 1 rings (SSSR count). The molecule has 1 aromatic carbocycles. The number of hydrogen-bond donors (Lipinski definition) is 1. The molecule has 4 heteroatoms. The van der Waals surface area contributed by atoms with E-state index in [0.717, 1.165) is 17.0 Å². The summed E-state index contributed by atoms with van der Waals surface area (Å²) < 4.78 is 0. The predicted octanol–water partition coefficient (Wildman–Crippen LogP) is 3.29. The van der Waals surface area contributed by atoms with Crippen LogP contribution in [0.15, 0.2) is 29.2 Å². The van der Waals surface area contributed by atoms with Gasteiger partial charge in [0, 0.05) is 4.90 Å². The van der Waals surface area contributed by atoms with Crippen molar-refractivity contribution in [3.05, 3.63) is 24.3 Å². The van der Waals surface area contributed by atoms with Crippen LogP contribution in [0.1, 0.15) is 19.8 Å². The number of thioether (sulfide) groups is 1. The molecular formula is C13H16N2OS. The highest BCUT2D eigenvalue weighted by Gasteiger charge is 2.17. The Labute approximate surface area is 106 Å². The molecule has 0 bridgehead atoms. The van der Waals surface area contributed by atoms with Crippen LogP contribution in [0.2, 0.25) is 0 Å². The monoisotopic (exact) mass is 248 g/mol. The van der Waals surface area contributed by atoms with Crippen molar-refractivity contribution in [2.75, 3.05) is 11.6 Å². The summed E-state index contributed by atoms with van der Waals surface area (Å²) in [6.45, 7) is 1.97. The Morgan fingerprint density at radius 3 is 2.82 bits per heavy atom. The van der Waals surface area contributed by atoms with Crippen LogP contribution >= 0.6 is 11.8 Å². The molecule has 1 amide bonds. The van der Waals surface area contributed by atoms with E-state index in [1.54, 1.807) is 11.8 Å². The first kappa shape index (κ1) is 13.6. The fourth-order valence-corrected chi connectivity index (χ4v) is 2.06. The zero-order chi connectivity index (χ0) is 12.7. The maximum absolute atomic E-state index is 11.9. The maximum atomic E-state index is 11.9. The molecule has 1 aromatic rings. The van der Waals surface area contributed by atoms with Crippen molar-refractivity contribution in [2.24, 2.45) is 5.92 Å². The van der Waals surface area contributed by atoms with E-state index >= 15 is 0 Å². The molecule has 90 valence electrons. The van der Waals surface area contributed by atoms with Crippen molar-refractivity contribution in [3.8, 4) is 6.07 Å². The lowest BCUT2D eigenvalue weighted by Gasteiger charge is -2.11. The summed E-state index contributed by atoms with van der Waals surface area (Å²) in [5.41, 5.74) is 0.779. The lowest BCUT2D eigenvalue weighted by Crippen LogP contribution is -2.21. The number of nitriles is 1. The maximum Gasteiger partial charge on any atom is 0.241 e. The molecule has 17 heavy (non-hydrogen) atoms. The number of amides is 1. The van der Waals surface area contributed by atoms with Gasteiger partial charge in [0.1, 0.15) is 5.92 Å². The Kier molecular flexibility index (Phi) is 5.58. The molecule has 0 saturated carbocycles. The minimum absolute atomic E-state index is 0.212. The highest BCUT2D eigenvalue weighted by Crippen LogP contribution is 2.25. The second kappa shape index (κ2) is 6.97. The smallest absolute Gasteiger partial charge is 0.241 e. The summed E-state index contributed by atoms with van der Waals surface area (Å²) in [6.07, 6.45) is 3.39. The first-order valence-corrected chi connectivity index (χ1v) is 6.78. The van der Waals surface area contributed by atoms with E-state index in [1.807, 2.05) is 43.5 Å². The summed E-state index contributed by atoms with van der Waals surface area (Å²) in [4.78, 5) is 12.9. The summed E-state index contributed by atoms with van der Waals surface area (Å²) in [6, 6.07) is 9.64. The van der Waals surface area contributed by atoms with Crippen molar-refractivity contribution >= 4 is 23.4 Å². The van der Waals surface area contributed by atoms with Crippen molar-refractivity contribution in [3.63, 3.8) is 0 Å². The minimum atomic E-state index is -0.560. The number of carbonyl (C=O) groups excluding carboxylic acids is 1. The third kappa shape index (κ3) is 3.79. The van der Waals surface area contributed by atoms with Crippen LogP contribution in [-0.4, -0.2) is 12.2 Å². The molecule has 1 atom stereocenters. The molecule has 0 aliphatic carbocycles. The minimum Gasteiger partial charge on any atom is -0.324 e. The third-order valence-corrected chi connectivity index (χ3v) is 3.21. The first-order valence-electron chi connectivity index (χ1n) is 5.56.